The van der Waals surface area contributed by atoms with Crippen molar-refractivity contribution in [2.45, 2.75) is 37.5 Å². The number of carbonyl (C=O) groups is 2. The second-order valence-electron chi connectivity index (χ2n) is 5.11. The number of carboxylic acid groups (broad SMARTS) is 1. The van der Waals surface area contributed by atoms with Gasteiger partial charge in [-0.3, -0.25) is 4.79 Å². The first kappa shape index (κ1) is 16.1. The summed E-state index contributed by atoms with van der Waals surface area (Å²) in [6.07, 6.45) is 8.07. The molecule has 1 saturated carbocycles. The summed E-state index contributed by atoms with van der Waals surface area (Å²) in [6, 6.07) is 2.07. The summed E-state index contributed by atoms with van der Waals surface area (Å²) in [5, 5.41) is 12.3. The topological polar surface area (TPSA) is 66.4 Å². The standard InChI is InChI=1S/C15H19NO3S2/c1-9-8-13(21-11(9)6-7-14(17)18)15(19)16-10-4-3-5-12(10)20-2/h6-8,10,12H,3-5H2,1-2H3,(H,16,19)(H,17,18)/b7-6+. The number of hydrogen-bond acceptors (Lipinski definition) is 4. The Balaban J connectivity index is 2.06. The highest BCUT2D eigenvalue weighted by Gasteiger charge is 2.28. The third-order valence-corrected chi connectivity index (χ3v) is 6.00. The van der Waals surface area contributed by atoms with E-state index in [0.29, 0.717) is 10.1 Å². The van der Waals surface area contributed by atoms with Gasteiger partial charge in [0.25, 0.3) is 5.91 Å². The molecule has 1 aliphatic rings. The number of aryl methyl sites for hydroxylation is 1. The SMILES string of the molecule is CSC1CCCC1NC(=O)c1cc(C)c(/C=C/C(=O)O)s1. The van der Waals surface area contributed by atoms with Crippen LogP contribution in [0, 0.1) is 6.92 Å². The predicted octanol–water partition coefficient (Wildman–Crippen LogP) is 3.17. The monoisotopic (exact) mass is 325 g/mol. The number of thiophene rings is 1. The van der Waals surface area contributed by atoms with E-state index in [0.717, 1.165) is 35.8 Å². The van der Waals surface area contributed by atoms with Gasteiger partial charge in [0.1, 0.15) is 0 Å². The van der Waals surface area contributed by atoms with Gasteiger partial charge >= 0.3 is 5.97 Å². The van der Waals surface area contributed by atoms with Crippen molar-refractivity contribution in [1.29, 1.82) is 0 Å². The highest BCUT2D eigenvalue weighted by molar-refractivity contribution is 7.99. The van der Waals surface area contributed by atoms with Crippen LogP contribution in [0.4, 0.5) is 0 Å². The van der Waals surface area contributed by atoms with E-state index in [9.17, 15) is 9.59 Å². The van der Waals surface area contributed by atoms with Crippen molar-refractivity contribution in [3.8, 4) is 0 Å². The molecular weight excluding hydrogens is 306 g/mol. The summed E-state index contributed by atoms with van der Waals surface area (Å²) in [5.74, 6) is -1.04. The molecule has 0 saturated heterocycles. The lowest BCUT2D eigenvalue weighted by molar-refractivity contribution is -0.131. The molecule has 2 unspecified atom stereocenters. The Kier molecular flexibility index (Phi) is 5.47. The van der Waals surface area contributed by atoms with Gasteiger partial charge in [0.05, 0.1) is 4.88 Å². The lowest BCUT2D eigenvalue weighted by Gasteiger charge is -2.18. The van der Waals surface area contributed by atoms with E-state index in [2.05, 4.69) is 11.6 Å². The molecule has 1 heterocycles. The van der Waals surface area contributed by atoms with Crippen molar-refractivity contribution in [2.24, 2.45) is 0 Å². The number of carbonyl (C=O) groups excluding carboxylic acids is 1. The van der Waals surface area contributed by atoms with E-state index in [1.807, 2.05) is 24.8 Å². The number of amides is 1. The number of rotatable bonds is 5. The first-order valence-electron chi connectivity index (χ1n) is 6.86. The zero-order valence-electron chi connectivity index (χ0n) is 12.1. The van der Waals surface area contributed by atoms with Crippen molar-refractivity contribution < 1.29 is 14.7 Å². The van der Waals surface area contributed by atoms with Gasteiger partial charge in [0.15, 0.2) is 0 Å². The lowest BCUT2D eigenvalue weighted by Crippen LogP contribution is -2.38. The molecule has 1 aliphatic carbocycles. The van der Waals surface area contributed by atoms with Crippen LogP contribution in [0.15, 0.2) is 12.1 Å². The fourth-order valence-corrected chi connectivity index (χ4v) is 4.45. The van der Waals surface area contributed by atoms with Crippen molar-refractivity contribution in [1.82, 2.24) is 5.32 Å². The molecule has 1 fully saturated rings. The smallest absolute Gasteiger partial charge is 0.328 e. The molecule has 0 bridgehead atoms. The van der Waals surface area contributed by atoms with Gasteiger partial charge in [0, 0.05) is 22.2 Å². The minimum Gasteiger partial charge on any atom is -0.478 e. The second-order valence-corrected chi connectivity index (χ2v) is 7.28. The van der Waals surface area contributed by atoms with E-state index < -0.39 is 5.97 Å². The van der Waals surface area contributed by atoms with Crippen LogP contribution in [-0.2, 0) is 4.79 Å². The first-order chi connectivity index (χ1) is 10.0. The molecule has 4 nitrogen and oxygen atoms in total. The average Bonchev–Trinajstić information content (AvgIpc) is 3.02. The average molecular weight is 325 g/mol. The Bertz CT molecular complexity index is 565. The van der Waals surface area contributed by atoms with Gasteiger partial charge in [-0.15, -0.1) is 11.3 Å². The molecule has 0 aromatic carbocycles. The van der Waals surface area contributed by atoms with Crippen molar-refractivity contribution in [3.05, 3.63) is 27.5 Å². The van der Waals surface area contributed by atoms with Gasteiger partial charge in [-0.1, -0.05) is 6.42 Å². The van der Waals surface area contributed by atoms with Crippen molar-refractivity contribution in [3.63, 3.8) is 0 Å². The van der Waals surface area contributed by atoms with Crippen LogP contribution in [0.2, 0.25) is 0 Å². The molecule has 1 aromatic heterocycles. The number of thioether (sulfide) groups is 1. The molecule has 0 spiro atoms. The third kappa shape index (κ3) is 4.11. The Hall–Kier alpha value is -1.27. The molecule has 2 atom stereocenters. The third-order valence-electron chi connectivity index (χ3n) is 3.63. The molecular formula is C15H19NO3S2. The first-order valence-corrected chi connectivity index (χ1v) is 8.96. The quantitative estimate of drug-likeness (QED) is 0.816. The van der Waals surface area contributed by atoms with Crippen LogP contribution in [-0.4, -0.2) is 34.5 Å². The maximum atomic E-state index is 12.3. The molecule has 0 radical (unpaired) electrons. The predicted molar refractivity (Wildman–Crippen MR) is 88.1 cm³/mol. The molecule has 1 amide bonds. The number of carboxylic acids is 1. The summed E-state index contributed by atoms with van der Waals surface area (Å²) >= 11 is 3.14. The maximum Gasteiger partial charge on any atom is 0.328 e. The molecule has 0 aliphatic heterocycles. The minimum atomic E-state index is -0.984. The van der Waals surface area contributed by atoms with Crippen LogP contribution in [0.3, 0.4) is 0 Å². The van der Waals surface area contributed by atoms with Crippen LogP contribution in [0.25, 0.3) is 6.08 Å². The molecule has 1 aromatic rings. The lowest BCUT2D eigenvalue weighted by atomic mass is 10.2. The second kappa shape index (κ2) is 7.13. The van der Waals surface area contributed by atoms with Crippen LogP contribution >= 0.6 is 23.1 Å². The number of hydrogen-bond donors (Lipinski definition) is 2. The number of nitrogens with one attached hydrogen (secondary N) is 1. The Labute approximate surface area is 132 Å². The molecule has 6 heteroatoms. The van der Waals surface area contributed by atoms with Crippen molar-refractivity contribution in [2.75, 3.05) is 6.26 Å². The van der Waals surface area contributed by atoms with Crippen molar-refractivity contribution >= 4 is 41.1 Å². The highest BCUT2D eigenvalue weighted by Crippen LogP contribution is 2.29. The normalized spacial score (nSPS) is 21.8. The van der Waals surface area contributed by atoms with E-state index in [1.54, 1.807) is 6.08 Å². The van der Waals surface area contributed by atoms with Crippen LogP contribution in [0.5, 0.6) is 0 Å². The minimum absolute atomic E-state index is 0.0518. The summed E-state index contributed by atoms with van der Waals surface area (Å²) in [5.41, 5.74) is 0.926. The van der Waals surface area contributed by atoms with Gasteiger partial charge in [-0.25, -0.2) is 4.79 Å². The van der Waals surface area contributed by atoms with E-state index in [-0.39, 0.29) is 11.9 Å². The molecule has 2 rings (SSSR count). The molecule has 114 valence electrons. The van der Waals surface area contributed by atoms with Crippen LogP contribution in [0.1, 0.15) is 39.4 Å². The Morgan fingerprint density at radius 3 is 2.90 bits per heavy atom. The molecule has 2 N–H and O–H groups in total. The zero-order chi connectivity index (χ0) is 15.4. The largest absolute Gasteiger partial charge is 0.478 e. The van der Waals surface area contributed by atoms with E-state index in [1.165, 1.54) is 11.3 Å². The summed E-state index contributed by atoms with van der Waals surface area (Å²) in [6.45, 7) is 1.88. The fraction of sp³-hybridized carbons (Fsp3) is 0.467. The van der Waals surface area contributed by atoms with Crippen LogP contribution < -0.4 is 5.32 Å². The van der Waals surface area contributed by atoms with Gasteiger partial charge in [0.2, 0.25) is 0 Å². The zero-order valence-corrected chi connectivity index (χ0v) is 13.7. The Morgan fingerprint density at radius 2 is 2.24 bits per heavy atom. The van der Waals surface area contributed by atoms with Gasteiger partial charge < -0.3 is 10.4 Å². The van der Waals surface area contributed by atoms with Gasteiger partial charge in [-0.05, 0) is 43.7 Å². The highest BCUT2D eigenvalue weighted by atomic mass is 32.2. The van der Waals surface area contributed by atoms with E-state index in [4.69, 9.17) is 5.11 Å². The molecule has 21 heavy (non-hydrogen) atoms. The fourth-order valence-electron chi connectivity index (χ4n) is 2.53. The maximum absolute atomic E-state index is 12.3. The summed E-state index contributed by atoms with van der Waals surface area (Å²) < 4.78 is 0. The summed E-state index contributed by atoms with van der Waals surface area (Å²) in [7, 11) is 0. The van der Waals surface area contributed by atoms with Gasteiger partial charge in [-0.2, -0.15) is 11.8 Å². The summed E-state index contributed by atoms with van der Waals surface area (Å²) in [4.78, 5) is 24.3. The Morgan fingerprint density at radius 1 is 1.48 bits per heavy atom. The number of aliphatic carboxylic acids is 1. The van der Waals surface area contributed by atoms with E-state index >= 15 is 0 Å².